The third-order valence-electron chi connectivity index (χ3n) is 7.48. The number of methoxy groups -OCH3 is 1. The summed E-state index contributed by atoms with van der Waals surface area (Å²) in [5.74, 6) is -2.24. The minimum absolute atomic E-state index is 0. The molecule has 3 aromatic rings. The van der Waals surface area contributed by atoms with E-state index in [2.05, 4.69) is 0 Å². The topological polar surface area (TPSA) is 260 Å². The van der Waals surface area contributed by atoms with Gasteiger partial charge in [-0.1, -0.05) is 0 Å². The molecule has 0 unspecified atom stereocenters. The van der Waals surface area contributed by atoms with E-state index in [0.29, 0.717) is 0 Å². The van der Waals surface area contributed by atoms with Crippen molar-refractivity contribution in [3.05, 3.63) is 30.3 Å². The summed E-state index contributed by atoms with van der Waals surface area (Å²) in [4.78, 5) is 0. The summed E-state index contributed by atoms with van der Waals surface area (Å²) in [6.45, 7) is 0.730. The summed E-state index contributed by atoms with van der Waals surface area (Å²) in [7, 11) is 1.24. The fraction of sp³-hybridized carbons (Fsp3) is 0.464. The lowest BCUT2D eigenvalue weighted by atomic mass is 9.99. The molecule has 2 fully saturated rings. The maximum Gasteiger partial charge on any atom is 0.402 e. The van der Waals surface area contributed by atoms with Gasteiger partial charge in [0.05, 0.1) is 31.5 Å². The maximum atomic E-state index is 10.6. The lowest BCUT2D eigenvalue weighted by molar-refractivity contribution is -0.277. The largest absolute Gasteiger partial charge is 1.00 e. The molecule has 2 aliphatic heterocycles. The molecule has 0 spiro atoms. The van der Waals surface area contributed by atoms with Gasteiger partial charge in [-0.2, -0.15) is 0 Å². The zero-order valence-corrected chi connectivity index (χ0v) is 24.4. The SMILES string of the molecule is COc1cc(-c2[o+]c3cc(O)cc(O[C@@H]4O[C@H](CO)[C@@H](O)[C@H](O)[C@H]4O)c3cc2O[C@@H]2O[C@@H](C)[C@H](O)[C@@H](O)[C@H]2O)cc(O)c1O.[Cl-]. The second kappa shape index (κ2) is 13.5. The van der Waals surface area contributed by atoms with Crippen LogP contribution < -0.4 is 26.6 Å². The predicted octanol–water partition coefficient (Wildman–Crippen LogP) is -4.10. The van der Waals surface area contributed by atoms with Gasteiger partial charge >= 0.3 is 11.3 Å². The molecule has 1 aromatic heterocycles. The highest BCUT2D eigenvalue weighted by molar-refractivity contribution is 5.89. The molecule has 0 saturated carbocycles. The number of benzene rings is 2. The van der Waals surface area contributed by atoms with E-state index in [1.807, 2.05) is 0 Å². The zero-order chi connectivity index (χ0) is 32.0. The van der Waals surface area contributed by atoms with Crippen LogP contribution in [0.1, 0.15) is 6.92 Å². The first-order valence-corrected chi connectivity index (χ1v) is 13.4. The summed E-state index contributed by atoms with van der Waals surface area (Å²) in [6.07, 6.45) is -15.5. The first kappa shape index (κ1) is 34.5. The fourth-order valence-electron chi connectivity index (χ4n) is 4.96. The highest BCUT2D eigenvalue weighted by Crippen LogP contribution is 2.45. The summed E-state index contributed by atoms with van der Waals surface area (Å²) in [5, 5.41) is 102. The number of aliphatic hydroxyl groups is 7. The van der Waals surface area contributed by atoms with E-state index in [1.165, 1.54) is 32.2 Å². The van der Waals surface area contributed by atoms with Crippen molar-refractivity contribution in [1.29, 1.82) is 0 Å². The number of aliphatic hydroxyl groups excluding tert-OH is 7. The molecule has 10 N–H and O–H groups in total. The number of aromatic hydroxyl groups is 3. The Hall–Kier alpha value is -3.42. The Morgan fingerprint density at radius 1 is 0.733 bits per heavy atom. The maximum absolute atomic E-state index is 10.6. The predicted molar refractivity (Wildman–Crippen MR) is 145 cm³/mol. The third kappa shape index (κ3) is 6.48. The van der Waals surface area contributed by atoms with Crippen molar-refractivity contribution < 1.29 is 91.6 Å². The summed E-state index contributed by atoms with van der Waals surface area (Å²) >= 11 is 0. The average Bonchev–Trinajstić information content (AvgIpc) is 3.00. The van der Waals surface area contributed by atoms with Crippen LogP contribution >= 0.6 is 0 Å². The Balaban J connectivity index is 0.00000461. The van der Waals surface area contributed by atoms with Gasteiger partial charge in [-0.05, 0) is 6.92 Å². The second-order valence-electron chi connectivity index (χ2n) is 10.5. The van der Waals surface area contributed by atoms with Crippen LogP contribution in [0.15, 0.2) is 34.7 Å². The Labute approximate surface area is 260 Å². The number of halogens is 1. The van der Waals surface area contributed by atoms with Gasteiger partial charge in [-0.3, -0.25) is 0 Å². The molecule has 2 saturated heterocycles. The average molecular weight is 661 g/mol. The van der Waals surface area contributed by atoms with Crippen molar-refractivity contribution in [2.24, 2.45) is 0 Å². The molecule has 0 aliphatic carbocycles. The fourth-order valence-corrected chi connectivity index (χ4v) is 4.96. The summed E-state index contributed by atoms with van der Waals surface area (Å²) in [6, 6.07) is 6.02. The molecule has 3 heterocycles. The van der Waals surface area contributed by atoms with Gasteiger partial charge in [0, 0.05) is 24.3 Å². The number of phenols is 3. The van der Waals surface area contributed by atoms with Crippen LogP contribution in [-0.4, -0.2) is 126 Å². The van der Waals surface area contributed by atoms with Crippen molar-refractivity contribution in [3.63, 3.8) is 0 Å². The molecule has 16 nitrogen and oxygen atoms in total. The lowest BCUT2D eigenvalue weighted by Crippen LogP contribution is -3.00. The normalized spacial score (nSPS) is 31.7. The van der Waals surface area contributed by atoms with Gasteiger partial charge in [-0.15, -0.1) is 0 Å². The molecule has 0 bridgehead atoms. The van der Waals surface area contributed by atoms with Crippen molar-refractivity contribution in [2.45, 2.75) is 68.3 Å². The highest BCUT2D eigenvalue weighted by atomic mass is 35.5. The van der Waals surface area contributed by atoms with Gasteiger partial charge < -0.3 is 87.2 Å². The third-order valence-corrected chi connectivity index (χ3v) is 7.48. The van der Waals surface area contributed by atoms with E-state index in [1.54, 1.807) is 0 Å². The standard InChI is InChI=1S/C28H32O16.ClH/c1-9-19(32)22(35)24(37)27(40-9)43-17-7-12-14(41-26(17)10-3-13(31)20(33)16(4-10)39-2)5-11(30)6-15(12)42-28-25(38)23(36)21(34)18(8-29)44-28;/h3-7,9,18-19,21-25,27-29,32,34-38H,8H2,1-2H3,(H2-,30,31,33);1H/t9-,18+,19-,21+,22+,23-,24+,25+,27-,28+;/m0./s1. The van der Waals surface area contributed by atoms with Gasteiger partial charge in [0.25, 0.3) is 0 Å². The molecule has 0 amide bonds. The number of ether oxygens (including phenoxy) is 5. The van der Waals surface area contributed by atoms with E-state index in [-0.39, 0.29) is 57.7 Å². The van der Waals surface area contributed by atoms with Crippen LogP contribution in [0.5, 0.6) is 34.5 Å². The molecule has 2 aliphatic rings. The van der Waals surface area contributed by atoms with Crippen LogP contribution in [0.4, 0.5) is 0 Å². The Morgan fingerprint density at radius 3 is 2.00 bits per heavy atom. The molecule has 10 atom stereocenters. The molecule has 248 valence electrons. The first-order chi connectivity index (χ1) is 20.8. The quantitative estimate of drug-likeness (QED) is 0.0853. The highest BCUT2D eigenvalue weighted by Gasteiger charge is 2.46. The van der Waals surface area contributed by atoms with Crippen LogP contribution in [0.3, 0.4) is 0 Å². The van der Waals surface area contributed by atoms with Crippen molar-refractivity contribution in [2.75, 3.05) is 13.7 Å². The molecule has 2 aromatic carbocycles. The summed E-state index contributed by atoms with van der Waals surface area (Å²) < 4.78 is 33.9. The Morgan fingerprint density at radius 2 is 1.36 bits per heavy atom. The van der Waals surface area contributed by atoms with Crippen molar-refractivity contribution in [3.8, 4) is 45.8 Å². The minimum atomic E-state index is -1.79. The molecule has 17 heteroatoms. The van der Waals surface area contributed by atoms with E-state index in [4.69, 9.17) is 28.1 Å². The van der Waals surface area contributed by atoms with Crippen LogP contribution in [0, 0.1) is 0 Å². The van der Waals surface area contributed by atoms with Gasteiger partial charge in [0.15, 0.2) is 11.5 Å². The molecule has 45 heavy (non-hydrogen) atoms. The van der Waals surface area contributed by atoms with E-state index in [0.717, 1.165) is 12.1 Å². The smallest absolute Gasteiger partial charge is 0.402 e. The van der Waals surface area contributed by atoms with Gasteiger partial charge in [0.1, 0.15) is 59.6 Å². The second-order valence-corrected chi connectivity index (χ2v) is 10.5. The van der Waals surface area contributed by atoms with Gasteiger partial charge in [-0.25, -0.2) is 4.42 Å². The first-order valence-electron chi connectivity index (χ1n) is 13.4. The Bertz CT molecular complexity index is 1500. The van der Waals surface area contributed by atoms with E-state index < -0.39 is 79.5 Å². The van der Waals surface area contributed by atoms with Crippen LogP contribution in [0.25, 0.3) is 22.3 Å². The van der Waals surface area contributed by atoms with Gasteiger partial charge in [0.2, 0.25) is 24.1 Å². The minimum Gasteiger partial charge on any atom is -1.00 e. The molecular weight excluding hydrogens is 628 g/mol. The Kier molecular flexibility index (Phi) is 10.3. The van der Waals surface area contributed by atoms with Crippen molar-refractivity contribution in [1.82, 2.24) is 0 Å². The number of hydrogen-bond acceptors (Lipinski definition) is 15. The number of hydrogen-bond donors (Lipinski definition) is 10. The number of fused-ring (bicyclic) bond motifs is 1. The lowest BCUT2D eigenvalue weighted by Gasteiger charge is -2.39. The number of rotatable bonds is 7. The summed E-state index contributed by atoms with van der Waals surface area (Å²) in [5.41, 5.74) is 0.0140. The zero-order valence-electron chi connectivity index (χ0n) is 23.7. The number of phenolic OH excluding ortho intramolecular Hbond substituents is 3. The van der Waals surface area contributed by atoms with Crippen LogP contribution in [0.2, 0.25) is 0 Å². The van der Waals surface area contributed by atoms with E-state index in [9.17, 15) is 51.1 Å². The van der Waals surface area contributed by atoms with Crippen molar-refractivity contribution >= 4 is 11.0 Å². The van der Waals surface area contributed by atoms with Crippen LogP contribution in [-0.2, 0) is 9.47 Å². The molecule has 5 rings (SSSR count). The van der Waals surface area contributed by atoms with E-state index >= 15 is 0 Å². The molecule has 0 radical (unpaired) electrons. The molecular formula is C28H33ClO16. The monoisotopic (exact) mass is 660 g/mol.